The summed E-state index contributed by atoms with van der Waals surface area (Å²) in [5, 5.41) is 10.3. The first-order valence-corrected chi connectivity index (χ1v) is 6.80. The van der Waals surface area contributed by atoms with E-state index in [2.05, 4.69) is 25.8 Å². The van der Waals surface area contributed by atoms with Crippen molar-refractivity contribution in [2.75, 3.05) is 16.4 Å². The third-order valence-electron chi connectivity index (χ3n) is 3.45. The molecule has 4 N–H and O–H groups in total. The van der Waals surface area contributed by atoms with Crippen molar-refractivity contribution >= 4 is 23.1 Å². The fourth-order valence-electron chi connectivity index (χ4n) is 2.42. The van der Waals surface area contributed by atoms with Gasteiger partial charge in [-0.25, -0.2) is 9.97 Å². The summed E-state index contributed by atoms with van der Waals surface area (Å²) in [6.45, 7) is 1.83. The van der Waals surface area contributed by atoms with Crippen molar-refractivity contribution in [2.45, 2.75) is 38.6 Å². The van der Waals surface area contributed by atoms with Crippen LogP contribution >= 0.6 is 0 Å². The van der Waals surface area contributed by atoms with E-state index in [1.165, 1.54) is 19.2 Å². The second-order valence-corrected chi connectivity index (χ2v) is 5.06. The van der Waals surface area contributed by atoms with Crippen LogP contribution < -0.4 is 16.4 Å². The SMILES string of the molecule is Cc1cc(Nc2ncnc(NC3CCCC3)c2N)no1. The van der Waals surface area contributed by atoms with Gasteiger partial charge in [0.15, 0.2) is 17.5 Å². The molecule has 1 fully saturated rings. The molecule has 2 aromatic rings. The average Bonchev–Trinajstić information content (AvgIpc) is 3.06. The number of nitrogens with zero attached hydrogens (tertiary/aromatic N) is 3. The summed E-state index contributed by atoms with van der Waals surface area (Å²) in [6.07, 6.45) is 6.32. The lowest BCUT2D eigenvalue weighted by Crippen LogP contribution is -2.17. The van der Waals surface area contributed by atoms with Crippen molar-refractivity contribution in [3.63, 3.8) is 0 Å². The lowest BCUT2D eigenvalue weighted by atomic mass is 10.2. The summed E-state index contributed by atoms with van der Waals surface area (Å²) in [4.78, 5) is 8.37. The molecule has 0 amide bonds. The largest absolute Gasteiger partial charge is 0.393 e. The highest BCUT2D eigenvalue weighted by Crippen LogP contribution is 2.28. The van der Waals surface area contributed by atoms with Gasteiger partial charge in [-0.3, -0.25) is 0 Å². The summed E-state index contributed by atoms with van der Waals surface area (Å²) < 4.78 is 5.00. The summed E-state index contributed by atoms with van der Waals surface area (Å²) in [5.74, 6) is 2.52. The Labute approximate surface area is 117 Å². The van der Waals surface area contributed by atoms with Gasteiger partial charge in [0.1, 0.15) is 17.8 Å². The number of rotatable bonds is 4. The van der Waals surface area contributed by atoms with Crippen molar-refractivity contribution in [1.82, 2.24) is 15.1 Å². The zero-order valence-corrected chi connectivity index (χ0v) is 11.4. The standard InChI is InChI=1S/C13H18N6O/c1-8-6-10(19-20-8)18-13-11(14)12(15-7-16-13)17-9-4-2-3-5-9/h6-7,9H,2-5,14H2,1H3,(H2,15,16,17,18,19). The molecule has 3 rings (SSSR count). The van der Waals surface area contributed by atoms with Crippen LogP contribution in [0.15, 0.2) is 16.9 Å². The van der Waals surface area contributed by atoms with Gasteiger partial charge in [0, 0.05) is 12.1 Å². The minimum atomic E-state index is 0.453. The maximum Gasteiger partial charge on any atom is 0.175 e. The minimum absolute atomic E-state index is 0.453. The second-order valence-electron chi connectivity index (χ2n) is 5.06. The Hall–Kier alpha value is -2.31. The highest BCUT2D eigenvalue weighted by Gasteiger charge is 2.17. The van der Waals surface area contributed by atoms with Gasteiger partial charge >= 0.3 is 0 Å². The number of nitrogens with two attached hydrogens (primary N) is 1. The van der Waals surface area contributed by atoms with E-state index in [0.717, 1.165) is 18.6 Å². The van der Waals surface area contributed by atoms with Crippen LogP contribution in [0.4, 0.5) is 23.1 Å². The van der Waals surface area contributed by atoms with Gasteiger partial charge in [-0.2, -0.15) is 0 Å². The third-order valence-corrected chi connectivity index (χ3v) is 3.45. The molecule has 1 aliphatic carbocycles. The normalized spacial score (nSPS) is 15.4. The molecule has 0 bridgehead atoms. The van der Waals surface area contributed by atoms with Gasteiger partial charge in [-0.05, 0) is 19.8 Å². The molecule has 2 aromatic heterocycles. The maximum absolute atomic E-state index is 6.11. The van der Waals surface area contributed by atoms with Crippen LogP contribution in [-0.2, 0) is 0 Å². The lowest BCUT2D eigenvalue weighted by Gasteiger charge is -2.15. The molecule has 7 nitrogen and oxygen atoms in total. The summed E-state index contributed by atoms with van der Waals surface area (Å²) >= 11 is 0. The first-order valence-electron chi connectivity index (χ1n) is 6.80. The number of nitrogens with one attached hydrogen (secondary N) is 2. The quantitative estimate of drug-likeness (QED) is 0.787. The Morgan fingerprint density at radius 3 is 2.70 bits per heavy atom. The second kappa shape index (κ2) is 5.36. The van der Waals surface area contributed by atoms with Crippen LogP contribution in [0.2, 0.25) is 0 Å². The zero-order valence-electron chi connectivity index (χ0n) is 11.4. The molecular formula is C13H18N6O. The first kappa shape index (κ1) is 12.7. The maximum atomic E-state index is 6.11. The van der Waals surface area contributed by atoms with E-state index in [1.807, 2.05) is 6.92 Å². The molecule has 7 heteroatoms. The van der Waals surface area contributed by atoms with Crippen LogP contribution in [0.25, 0.3) is 0 Å². The predicted octanol–water partition coefficient (Wildman–Crippen LogP) is 2.45. The Morgan fingerprint density at radius 2 is 2.00 bits per heavy atom. The predicted molar refractivity (Wildman–Crippen MR) is 76.8 cm³/mol. The molecule has 1 saturated carbocycles. The summed E-state index contributed by atoms with van der Waals surface area (Å²) in [6, 6.07) is 2.24. The molecule has 0 aliphatic heterocycles. The topological polar surface area (TPSA) is 102 Å². The Bertz CT molecular complexity index is 590. The van der Waals surface area contributed by atoms with Gasteiger partial charge in [-0.15, -0.1) is 0 Å². The molecule has 0 aromatic carbocycles. The molecule has 0 spiro atoms. The fourth-order valence-corrected chi connectivity index (χ4v) is 2.42. The number of hydrogen-bond donors (Lipinski definition) is 3. The van der Waals surface area contributed by atoms with Gasteiger partial charge in [0.25, 0.3) is 0 Å². The number of nitrogen functional groups attached to an aromatic ring is 1. The van der Waals surface area contributed by atoms with Crippen molar-refractivity contribution in [3.05, 3.63) is 18.2 Å². The number of hydrogen-bond acceptors (Lipinski definition) is 7. The molecular weight excluding hydrogens is 256 g/mol. The first-order chi connectivity index (χ1) is 9.72. The Kier molecular flexibility index (Phi) is 3.41. The minimum Gasteiger partial charge on any atom is -0.393 e. The smallest absolute Gasteiger partial charge is 0.175 e. The van der Waals surface area contributed by atoms with Crippen molar-refractivity contribution in [3.8, 4) is 0 Å². The third kappa shape index (κ3) is 2.66. The van der Waals surface area contributed by atoms with E-state index in [4.69, 9.17) is 10.3 Å². The van der Waals surface area contributed by atoms with Crippen molar-refractivity contribution < 1.29 is 4.52 Å². The monoisotopic (exact) mass is 274 g/mol. The summed E-state index contributed by atoms with van der Waals surface area (Å²) in [7, 11) is 0. The molecule has 0 atom stereocenters. The van der Waals surface area contributed by atoms with Crippen LogP contribution in [0.5, 0.6) is 0 Å². The lowest BCUT2D eigenvalue weighted by molar-refractivity contribution is 0.400. The molecule has 106 valence electrons. The molecule has 2 heterocycles. The molecule has 0 unspecified atom stereocenters. The van der Waals surface area contributed by atoms with Gasteiger partial charge < -0.3 is 20.9 Å². The molecule has 20 heavy (non-hydrogen) atoms. The van der Waals surface area contributed by atoms with Crippen molar-refractivity contribution in [2.24, 2.45) is 0 Å². The van der Waals surface area contributed by atoms with E-state index in [9.17, 15) is 0 Å². The number of aryl methyl sites for hydroxylation is 1. The van der Waals surface area contributed by atoms with E-state index < -0.39 is 0 Å². The molecule has 0 radical (unpaired) electrons. The fraction of sp³-hybridized carbons (Fsp3) is 0.462. The highest BCUT2D eigenvalue weighted by molar-refractivity contribution is 5.76. The van der Waals surface area contributed by atoms with Gasteiger partial charge in [0.2, 0.25) is 0 Å². The summed E-state index contributed by atoms with van der Waals surface area (Å²) in [5.41, 5.74) is 6.61. The molecule has 0 saturated heterocycles. The highest BCUT2D eigenvalue weighted by atomic mass is 16.5. The van der Waals surface area contributed by atoms with E-state index >= 15 is 0 Å². The van der Waals surface area contributed by atoms with E-state index in [-0.39, 0.29) is 0 Å². The van der Waals surface area contributed by atoms with Crippen molar-refractivity contribution in [1.29, 1.82) is 0 Å². The zero-order chi connectivity index (χ0) is 13.9. The van der Waals surface area contributed by atoms with Crippen LogP contribution in [0.1, 0.15) is 31.4 Å². The van der Waals surface area contributed by atoms with Crippen LogP contribution in [-0.4, -0.2) is 21.2 Å². The molecule has 1 aliphatic rings. The van der Waals surface area contributed by atoms with E-state index in [1.54, 1.807) is 6.07 Å². The Morgan fingerprint density at radius 1 is 1.25 bits per heavy atom. The van der Waals surface area contributed by atoms with Gasteiger partial charge in [0.05, 0.1) is 0 Å². The average molecular weight is 274 g/mol. The van der Waals surface area contributed by atoms with Gasteiger partial charge in [-0.1, -0.05) is 18.0 Å². The van der Waals surface area contributed by atoms with Crippen LogP contribution in [0.3, 0.4) is 0 Å². The number of aromatic nitrogens is 3. The van der Waals surface area contributed by atoms with Crippen LogP contribution in [0, 0.1) is 6.92 Å². The van der Waals surface area contributed by atoms with E-state index in [0.29, 0.717) is 29.2 Å². The Balaban J connectivity index is 1.77. The number of anilines is 4.